The second-order valence-corrected chi connectivity index (χ2v) is 5.17. The summed E-state index contributed by atoms with van der Waals surface area (Å²) in [4.78, 5) is 16.3. The maximum absolute atomic E-state index is 12.6. The molecular formula is C14H19N3O2. The zero-order valence-electron chi connectivity index (χ0n) is 10.9. The summed E-state index contributed by atoms with van der Waals surface area (Å²) < 4.78 is 0. The first-order valence-electron chi connectivity index (χ1n) is 6.71. The fourth-order valence-corrected chi connectivity index (χ4v) is 3.15. The summed E-state index contributed by atoms with van der Waals surface area (Å²) in [6, 6.07) is 9.99. The number of amides is 1. The maximum atomic E-state index is 12.6. The van der Waals surface area contributed by atoms with Gasteiger partial charge in [0.25, 0.3) is 5.91 Å². The van der Waals surface area contributed by atoms with Crippen molar-refractivity contribution in [2.45, 2.75) is 18.4 Å². The number of rotatable bonds is 2. The molecule has 2 aliphatic rings. The van der Waals surface area contributed by atoms with Crippen LogP contribution in [0.4, 0.5) is 5.69 Å². The molecule has 2 aliphatic heterocycles. The van der Waals surface area contributed by atoms with Crippen molar-refractivity contribution in [3.05, 3.63) is 30.3 Å². The van der Waals surface area contributed by atoms with Crippen molar-refractivity contribution in [2.24, 2.45) is 0 Å². The van der Waals surface area contributed by atoms with Gasteiger partial charge in [-0.2, -0.15) is 0 Å². The minimum atomic E-state index is -0.477. The largest absolute Gasteiger partial charge is 0.376 e. The van der Waals surface area contributed by atoms with Crippen LogP contribution in [0.15, 0.2) is 30.3 Å². The Balaban J connectivity index is 1.99. The maximum Gasteiger partial charge on any atom is 0.251 e. The molecule has 0 unspecified atom stereocenters. The molecule has 0 aliphatic carbocycles. The Hall–Kier alpha value is -1.59. The molecule has 19 heavy (non-hydrogen) atoms. The summed E-state index contributed by atoms with van der Waals surface area (Å²) in [6.07, 6.45) is 1.58. The molecule has 102 valence electrons. The predicted molar refractivity (Wildman–Crippen MR) is 72.6 cm³/mol. The lowest BCUT2D eigenvalue weighted by Crippen LogP contribution is -2.55. The number of hydrogen-bond acceptors (Lipinski definition) is 4. The van der Waals surface area contributed by atoms with Gasteiger partial charge in [-0.1, -0.05) is 18.2 Å². The molecule has 1 amide bonds. The highest BCUT2D eigenvalue weighted by molar-refractivity contribution is 5.93. The zero-order valence-corrected chi connectivity index (χ0v) is 10.9. The van der Waals surface area contributed by atoms with E-state index >= 15 is 0 Å². The number of hydrogen-bond donors (Lipinski definition) is 2. The Morgan fingerprint density at radius 2 is 1.89 bits per heavy atom. The molecule has 0 saturated carbocycles. The number of carbonyl (C=O) groups is 1. The molecule has 1 aromatic carbocycles. The van der Waals surface area contributed by atoms with Gasteiger partial charge in [-0.3, -0.25) is 9.69 Å². The molecule has 5 heteroatoms. The quantitative estimate of drug-likeness (QED) is 0.807. The average Bonchev–Trinajstić information content (AvgIpc) is 2.74. The summed E-state index contributed by atoms with van der Waals surface area (Å²) in [5.41, 5.74) is 0.573. The Kier molecular flexibility index (Phi) is 3.16. The van der Waals surface area contributed by atoms with Crippen molar-refractivity contribution < 1.29 is 9.90 Å². The van der Waals surface area contributed by atoms with Crippen LogP contribution in [0.25, 0.3) is 0 Å². The van der Waals surface area contributed by atoms with E-state index in [1.165, 1.54) is 4.90 Å². The van der Waals surface area contributed by atoms with E-state index in [1.54, 1.807) is 0 Å². The van der Waals surface area contributed by atoms with Crippen molar-refractivity contribution >= 4 is 11.6 Å². The first-order valence-corrected chi connectivity index (χ1v) is 6.71. The van der Waals surface area contributed by atoms with Gasteiger partial charge in [0.2, 0.25) is 0 Å². The lowest BCUT2D eigenvalue weighted by atomic mass is 9.86. The van der Waals surface area contributed by atoms with Crippen molar-refractivity contribution in [1.82, 2.24) is 10.2 Å². The Morgan fingerprint density at radius 1 is 1.21 bits per heavy atom. The Labute approximate surface area is 112 Å². The third-order valence-corrected chi connectivity index (χ3v) is 4.18. The number of piperidine rings is 1. The first-order chi connectivity index (χ1) is 9.28. The number of carbonyl (C=O) groups excluding carboxylic acids is 1. The number of aliphatic hydroxyl groups is 1. The Morgan fingerprint density at radius 3 is 2.53 bits per heavy atom. The van der Waals surface area contributed by atoms with Crippen molar-refractivity contribution in [3.8, 4) is 0 Å². The third-order valence-electron chi connectivity index (χ3n) is 4.18. The van der Waals surface area contributed by atoms with Crippen LogP contribution in [0.2, 0.25) is 0 Å². The fourth-order valence-electron chi connectivity index (χ4n) is 3.15. The number of nitrogens with one attached hydrogen (secondary N) is 1. The number of anilines is 1. The van der Waals surface area contributed by atoms with Gasteiger partial charge in [-0.05, 0) is 38.1 Å². The van der Waals surface area contributed by atoms with E-state index in [1.807, 2.05) is 30.3 Å². The van der Waals surface area contributed by atoms with Gasteiger partial charge in [0, 0.05) is 5.69 Å². The molecule has 2 N–H and O–H groups in total. The van der Waals surface area contributed by atoms with Crippen LogP contribution in [0.3, 0.4) is 0 Å². The zero-order chi connectivity index (χ0) is 13.3. The first kappa shape index (κ1) is 12.4. The molecule has 1 spiro atoms. The number of para-hydroxylation sites is 1. The Bertz CT molecular complexity index is 457. The second kappa shape index (κ2) is 4.83. The highest BCUT2D eigenvalue weighted by atomic mass is 16.3. The number of nitrogens with zero attached hydrogens (tertiary/aromatic N) is 2. The van der Waals surface area contributed by atoms with E-state index in [0.29, 0.717) is 6.67 Å². The van der Waals surface area contributed by atoms with Crippen molar-refractivity contribution in [1.29, 1.82) is 0 Å². The highest BCUT2D eigenvalue weighted by Gasteiger charge is 2.52. The number of benzene rings is 1. The van der Waals surface area contributed by atoms with Gasteiger partial charge in [0.15, 0.2) is 0 Å². The van der Waals surface area contributed by atoms with Crippen LogP contribution < -0.4 is 10.2 Å². The third kappa shape index (κ3) is 1.89. The summed E-state index contributed by atoms with van der Waals surface area (Å²) in [7, 11) is 0. The minimum absolute atomic E-state index is 0.0559. The molecule has 1 aromatic rings. The van der Waals surface area contributed by atoms with Crippen molar-refractivity contribution in [3.63, 3.8) is 0 Å². The van der Waals surface area contributed by atoms with Crippen LogP contribution in [0.1, 0.15) is 12.8 Å². The minimum Gasteiger partial charge on any atom is -0.376 e. The van der Waals surface area contributed by atoms with Crippen molar-refractivity contribution in [2.75, 3.05) is 31.4 Å². The van der Waals surface area contributed by atoms with Gasteiger partial charge < -0.3 is 15.3 Å². The summed E-state index contributed by atoms with van der Waals surface area (Å²) in [5.74, 6) is 0.0559. The van der Waals surface area contributed by atoms with E-state index in [2.05, 4.69) is 10.2 Å². The van der Waals surface area contributed by atoms with Crippen LogP contribution in [-0.2, 0) is 4.79 Å². The summed E-state index contributed by atoms with van der Waals surface area (Å²) in [5, 5.41) is 12.7. The van der Waals surface area contributed by atoms with Gasteiger partial charge in [0.05, 0.1) is 6.67 Å². The monoisotopic (exact) mass is 261 g/mol. The molecule has 0 bridgehead atoms. The van der Waals surface area contributed by atoms with Crippen LogP contribution >= 0.6 is 0 Å². The molecule has 0 radical (unpaired) electrons. The lowest BCUT2D eigenvalue weighted by Gasteiger charge is -2.39. The van der Waals surface area contributed by atoms with E-state index in [4.69, 9.17) is 0 Å². The predicted octanol–water partition coefficient (Wildman–Crippen LogP) is 0.365. The number of aliphatic hydroxyl groups excluding tert-OH is 1. The highest BCUT2D eigenvalue weighted by Crippen LogP contribution is 2.37. The smallest absolute Gasteiger partial charge is 0.251 e. The molecule has 0 aromatic heterocycles. The standard InChI is InChI=1S/C14H19N3O2/c18-11-16-10-17(12-4-2-1-3-5-12)14(13(16)19)6-8-15-9-7-14/h1-5,15,18H,6-11H2. The fraction of sp³-hybridized carbons (Fsp3) is 0.500. The van der Waals surface area contributed by atoms with Crippen LogP contribution in [-0.4, -0.2) is 47.9 Å². The topological polar surface area (TPSA) is 55.8 Å². The van der Waals surface area contributed by atoms with Gasteiger partial charge in [0.1, 0.15) is 12.3 Å². The molecule has 5 nitrogen and oxygen atoms in total. The lowest BCUT2D eigenvalue weighted by molar-refractivity contribution is -0.135. The van der Waals surface area contributed by atoms with E-state index in [9.17, 15) is 9.90 Å². The van der Waals surface area contributed by atoms with E-state index < -0.39 is 5.54 Å². The summed E-state index contributed by atoms with van der Waals surface area (Å²) >= 11 is 0. The SMILES string of the molecule is O=C1N(CO)CN(c2ccccc2)C12CCNCC2. The summed E-state index contributed by atoms with van der Waals surface area (Å²) in [6.45, 7) is 1.94. The second-order valence-electron chi connectivity index (χ2n) is 5.17. The van der Waals surface area contributed by atoms with E-state index in [0.717, 1.165) is 31.6 Å². The van der Waals surface area contributed by atoms with E-state index in [-0.39, 0.29) is 12.6 Å². The molecule has 0 atom stereocenters. The van der Waals surface area contributed by atoms with Gasteiger partial charge in [-0.25, -0.2) is 0 Å². The van der Waals surface area contributed by atoms with Gasteiger partial charge >= 0.3 is 0 Å². The average molecular weight is 261 g/mol. The van der Waals surface area contributed by atoms with Crippen LogP contribution in [0.5, 0.6) is 0 Å². The molecule has 2 heterocycles. The molecule has 3 rings (SSSR count). The molecule has 2 saturated heterocycles. The molecular weight excluding hydrogens is 242 g/mol. The van der Waals surface area contributed by atoms with Gasteiger partial charge in [-0.15, -0.1) is 0 Å². The molecule has 2 fully saturated rings. The normalized spacial score (nSPS) is 22.3. The van der Waals surface area contributed by atoms with Crippen LogP contribution in [0, 0.1) is 0 Å².